The van der Waals surface area contributed by atoms with Crippen molar-refractivity contribution < 1.29 is 4.79 Å². The van der Waals surface area contributed by atoms with Gasteiger partial charge in [-0.15, -0.1) is 11.6 Å². The second-order valence-electron chi connectivity index (χ2n) is 3.00. The van der Waals surface area contributed by atoms with Crippen LogP contribution in [0.1, 0.15) is 10.4 Å². The van der Waals surface area contributed by atoms with Gasteiger partial charge < -0.3 is 9.97 Å². The first-order valence-corrected chi connectivity index (χ1v) is 5.47. The molecule has 1 atom stereocenters. The molecule has 0 amide bonds. The number of hydrogen-bond acceptors (Lipinski definition) is 2. The number of carbonyl (C=O) groups excluding carboxylic acids is 1. The summed E-state index contributed by atoms with van der Waals surface area (Å²) in [4.78, 5) is 27.6. The zero-order valence-corrected chi connectivity index (χ0v) is 9.72. The summed E-state index contributed by atoms with van der Waals surface area (Å²) in [7, 11) is 0. The Morgan fingerprint density at radius 2 is 2.00 bits per heavy atom. The summed E-state index contributed by atoms with van der Waals surface area (Å²) in [5.74, 6) is -0.236. The minimum atomic E-state index is -0.749. The summed E-state index contributed by atoms with van der Waals surface area (Å²) in [5.41, 5.74) is 1.42. The third kappa shape index (κ3) is 1.98. The van der Waals surface area contributed by atoms with Crippen molar-refractivity contribution in [3.05, 3.63) is 34.2 Å². The topological polar surface area (TPSA) is 65.7 Å². The summed E-state index contributed by atoms with van der Waals surface area (Å²) in [6, 6.07) is 4.87. The molecule has 0 aliphatic carbocycles. The van der Waals surface area contributed by atoms with Crippen LogP contribution in [0, 0.1) is 0 Å². The Bertz CT molecular complexity index is 573. The normalized spacial score (nSPS) is 12.9. The quantitative estimate of drug-likeness (QED) is 0.656. The highest BCUT2D eigenvalue weighted by molar-refractivity contribution is 9.10. The number of ketones is 1. The molecule has 0 aliphatic rings. The number of benzene rings is 1. The highest BCUT2D eigenvalue weighted by Crippen LogP contribution is 2.16. The van der Waals surface area contributed by atoms with Crippen molar-refractivity contribution in [1.29, 1.82) is 0 Å². The van der Waals surface area contributed by atoms with Crippen molar-refractivity contribution in [2.24, 2.45) is 0 Å². The monoisotopic (exact) mass is 288 g/mol. The molecule has 0 fully saturated rings. The minimum Gasteiger partial charge on any atom is -0.306 e. The maximum absolute atomic E-state index is 11.5. The van der Waals surface area contributed by atoms with Crippen LogP contribution in [0.2, 0.25) is 0 Å². The van der Waals surface area contributed by atoms with Crippen molar-refractivity contribution >= 4 is 44.3 Å². The van der Waals surface area contributed by atoms with E-state index in [1.54, 1.807) is 18.2 Å². The van der Waals surface area contributed by atoms with Crippen LogP contribution in [0.25, 0.3) is 11.0 Å². The van der Waals surface area contributed by atoms with E-state index in [0.29, 0.717) is 16.6 Å². The number of rotatable bonds is 2. The zero-order valence-electron chi connectivity index (χ0n) is 7.38. The van der Waals surface area contributed by atoms with E-state index in [2.05, 4.69) is 25.9 Å². The van der Waals surface area contributed by atoms with Crippen LogP contribution < -0.4 is 5.69 Å². The number of imidazole rings is 1. The zero-order chi connectivity index (χ0) is 11.0. The molecule has 0 saturated carbocycles. The first kappa shape index (κ1) is 10.4. The molecule has 78 valence electrons. The molecule has 2 N–H and O–H groups in total. The SMILES string of the molecule is O=C(c1ccc2[nH]c(=O)[nH]c2c1)C(Cl)Br. The first-order valence-electron chi connectivity index (χ1n) is 4.12. The number of nitrogens with one attached hydrogen (secondary N) is 2. The Labute approximate surface area is 97.8 Å². The molecule has 6 heteroatoms. The van der Waals surface area contributed by atoms with Crippen molar-refractivity contribution in [2.75, 3.05) is 0 Å². The van der Waals surface area contributed by atoms with Gasteiger partial charge >= 0.3 is 5.69 Å². The predicted molar refractivity (Wildman–Crippen MR) is 61.8 cm³/mol. The van der Waals surface area contributed by atoms with Crippen molar-refractivity contribution in [3.8, 4) is 0 Å². The van der Waals surface area contributed by atoms with Crippen LogP contribution >= 0.6 is 27.5 Å². The summed E-state index contributed by atoms with van der Waals surface area (Å²) >= 11 is 8.59. The van der Waals surface area contributed by atoms with Crippen LogP contribution in [0.4, 0.5) is 0 Å². The average molecular weight is 290 g/mol. The summed E-state index contributed by atoms with van der Waals surface area (Å²) in [5, 5.41) is 0. The molecule has 0 saturated heterocycles. The van der Waals surface area contributed by atoms with Gasteiger partial charge in [0.15, 0.2) is 10.1 Å². The molecule has 1 heterocycles. The lowest BCUT2D eigenvalue weighted by atomic mass is 10.1. The van der Waals surface area contributed by atoms with E-state index in [1.807, 2.05) is 0 Å². The highest BCUT2D eigenvalue weighted by atomic mass is 79.9. The first-order chi connectivity index (χ1) is 7.08. The summed E-state index contributed by atoms with van der Waals surface area (Å²) in [6.07, 6.45) is 0. The number of alkyl halides is 2. The Balaban J connectivity index is 2.55. The number of carbonyl (C=O) groups is 1. The number of fused-ring (bicyclic) bond motifs is 1. The van der Waals surface area contributed by atoms with Gasteiger partial charge in [-0.1, -0.05) is 15.9 Å². The Kier molecular flexibility index (Phi) is 2.67. The van der Waals surface area contributed by atoms with Crippen molar-refractivity contribution in [2.45, 2.75) is 4.29 Å². The molecule has 15 heavy (non-hydrogen) atoms. The van der Waals surface area contributed by atoms with E-state index in [4.69, 9.17) is 11.6 Å². The molecule has 0 radical (unpaired) electrons. The van der Waals surface area contributed by atoms with Gasteiger partial charge in [0, 0.05) is 5.56 Å². The summed E-state index contributed by atoms with van der Waals surface area (Å²) in [6.45, 7) is 0. The van der Waals surface area contributed by atoms with Gasteiger partial charge in [0.05, 0.1) is 11.0 Å². The number of H-pyrrole nitrogens is 2. The van der Waals surface area contributed by atoms with E-state index in [1.165, 1.54) is 0 Å². The van der Waals surface area contributed by atoms with E-state index < -0.39 is 4.29 Å². The fraction of sp³-hybridized carbons (Fsp3) is 0.111. The fourth-order valence-corrected chi connectivity index (χ4v) is 1.70. The van der Waals surface area contributed by atoms with E-state index in [0.717, 1.165) is 0 Å². The fourth-order valence-electron chi connectivity index (χ4n) is 1.31. The van der Waals surface area contributed by atoms with Crippen LogP contribution in [-0.2, 0) is 0 Å². The van der Waals surface area contributed by atoms with Gasteiger partial charge in [0.1, 0.15) is 0 Å². The predicted octanol–water partition coefficient (Wildman–Crippen LogP) is 2.00. The van der Waals surface area contributed by atoms with E-state index >= 15 is 0 Å². The number of aromatic nitrogens is 2. The molecule has 1 unspecified atom stereocenters. The second kappa shape index (κ2) is 3.83. The molecule has 0 aliphatic heterocycles. The average Bonchev–Trinajstić information content (AvgIpc) is 2.55. The molecule has 1 aromatic heterocycles. The molecular formula is C9H6BrClN2O2. The lowest BCUT2D eigenvalue weighted by Crippen LogP contribution is -2.07. The van der Waals surface area contributed by atoms with Gasteiger partial charge in [-0.25, -0.2) is 4.79 Å². The molecule has 2 aromatic rings. The van der Waals surface area contributed by atoms with Crippen LogP contribution in [0.5, 0.6) is 0 Å². The van der Waals surface area contributed by atoms with Crippen LogP contribution in [0.15, 0.2) is 23.0 Å². The molecule has 1 aromatic carbocycles. The largest absolute Gasteiger partial charge is 0.323 e. The van der Waals surface area contributed by atoms with E-state index in [-0.39, 0.29) is 11.5 Å². The molecular weight excluding hydrogens is 283 g/mol. The molecule has 0 bridgehead atoms. The number of hydrogen-bond donors (Lipinski definition) is 2. The van der Waals surface area contributed by atoms with Crippen LogP contribution in [0.3, 0.4) is 0 Å². The van der Waals surface area contributed by atoms with E-state index in [9.17, 15) is 9.59 Å². The van der Waals surface area contributed by atoms with Crippen molar-refractivity contribution in [1.82, 2.24) is 9.97 Å². The van der Waals surface area contributed by atoms with Gasteiger partial charge in [-0.05, 0) is 18.2 Å². The maximum atomic E-state index is 11.5. The molecule has 2 rings (SSSR count). The second-order valence-corrected chi connectivity index (χ2v) is 4.88. The van der Waals surface area contributed by atoms with Gasteiger partial charge in [0.25, 0.3) is 0 Å². The molecule has 0 spiro atoms. The number of Topliss-reactive ketones (excluding diaryl/α,β-unsaturated/α-hetero) is 1. The molecule has 4 nitrogen and oxygen atoms in total. The van der Waals surface area contributed by atoms with Gasteiger partial charge in [-0.2, -0.15) is 0 Å². The Morgan fingerprint density at radius 1 is 1.33 bits per heavy atom. The number of aromatic amines is 2. The standard InChI is InChI=1S/C9H6BrClN2O2/c10-8(11)7(14)4-1-2-5-6(3-4)13-9(15)12-5/h1-3,8H,(H2,12,13,15). The maximum Gasteiger partial charge on any atom is 0.323 e. The highest BCUT2D eigenvalue weighted by Gasteiger charge is 2.14. The van der Waals surface area contributed by atoms with Crippen LogP contribution in [-0.4, -0.2) is 20.0 Å². The third-order valence-corrected chi connectivity index (χ3v) is 2.61. The summed E-state index contributed by atoms with van der Waals surface area (Å²) < 4.78 is -0.749. The Morgan fingerprint density at radius 3 is 2.67 bits per heavy atom. The smallest absolute Gasteiger partial charge is 0.306 e. The van der Waals surface area contributed by atoms with Crippen molar-refractivity contribution in [3.63, 3.8) is 0 Å². The van der Waals surface area contributed by atoms with Gasteiger partial charge in [0.2, 0.25) is 0 Å². The minimum absolute atomic E-state index is 0.236. The third-order valence-electron chi connectivity index (χ3n) is 2.00. The Hall–Kier alpha value is -1.07. The van der Waals surface area contributed by atoms with Gasteiger partial charge in [-0.3, -0.25) is 4.79 Å². The lowest BCUT2D eigenvalue weighted by molar-refractivity contribution is 0.101. The lowest BCUT2D eigenvalue weighted by Gasteiger charge is -2.00. The number of halogens is 2.